The van der Waals surface area contributed by atoms with Crippen LogP contribution in [0.4, 0.5) is 0 Å². The Balaban J connectivity index is 1.14. The first kappa shape index (κ1) is 32.5. The molecule has 2 spiro atoms. The third kappa shape index (κ3) is 3.57. The fourth-order valence-corrected chi connectivity index (χ4v) is 12.4. The van der Waals surface area contributed by atoms with Crippen LogP contribution in [0.3, 0.4) is 0 Å². The quantitative estimate of drug-likeness (QED) is 0.167. The SMILES string of the molecule is CC1(C)c2ccccc2C2(c3cc4c(cc31)C1(c3ccccc3-c3ccccc31)c1ccccc1-4)c1cccnc1-c1ncc(-n3c4ccccc4c4ccncc43)cc12. The summed E-state index contributed by atoms with van der Waals surface area (Å²) in [5.74, 6) is 0. The van der Waals surface area contributed by atoms with Gasteiger partial charge in [0.2, 0.25) is 0 Å². The van der Waals surface area contributed by atoms with Gasteiger partial charge < -0.3 is 4.57 Å². The molecule has 4 aliphatic carbocycles. The minimum absolute atomic E-state index is 0.325. The van der Waals surface area contributed by atoms with Crippen LogP contribution in [-0.4, -0.2) is 19.5 Å². The number of nitrogens with zero attached hydrogens (tertiary/aromatic N) is 4. The number of para-hydroxylation sites is 1. The maximum Gasteiger partial charge on any atom is 0.0939 e. The van der Waals surface area contributed by atoms with Crippen LogP contribution in [0, 0.1) is 0 Å². The second kappa shape index (κ2) is 11.0. The predicted octanol–water partition coefficient (Wildman–Crippen LogP) is 12.3. The first-order chi connectivity index (χ1) is 29.5. The zero-order chi connectivity index (χ0) is 39.5. The average molecular weight is 765 g/mol. The summed E-state index contributed by atoms with van der Waals surface area (Å²) in [6.45, 7) is 4.85. The molecule has 60 heavy (non-hydrogen) atoms. The number of hydrogen-bond donors (Lipinski definition) is 0. The van der Waals surface area contributed by atoms with E-state index in [0.29, 0.717) is 0 Å². The van der Waals surface area contributed by atoms with Crippen LogP contribution in [-0.2, 0) is 16.2 Å². The van der Waals surface area contributed by atoms with Gasteiger partial charge in [0.15, 0.2) is 0 Å². The first-order valence-electron chi connectivity index (χ1n) is 20.9. The molecule has 4 heteroatoms. The van der Waals surface area contributed by atoms with Crippen molar-refractivity contribution in [3.8, 4) is 39.3 Å². The molecule has 4 aliphatic rings. The third-order valence-corrected chi connectivity index (χ3v) is 14.7. The monoisotopic (exact) mass is 764 g/mol. The summed E-state index contributed by atoms with van der Waals surface area (Å²) in [6.07, 6.45) is 7.83. The highest BCUT2D eigenvalue weighted by Gasteiger charge is 2.57. The van der Waals surface area contributed by atoms with Crippen molar-refractivity contribution >= 4 is 21.8 Å². The normalized spacial score (nSPS) is 17.5. The van der Waals surface area contributed by atoms with Crippen LogP contribution < -0.4 is 0 Å². The Morgan fingerprint density at radius 3 is 1.72 bits per heavy atom. The molecule has 280 valence electrons. The fourth-order valence-electron chi connectivity index (χ4n) is 12.4. The molecule has 4 nitrogen and oxygen atoms in total. The van der Waals surface area contributed by atoms with Crippen LogP contribution in [0.5, 0.6) is 0 Å². The lowest BCUT2D eigenvalue weighted by Crippen LogP contribution is -2.41. The summed E-state index contributed by atoms with van der Waals surface area (Å²) >= 11 is 0. The molecule has 0 N–H and O–H groups in total. The summed E-state index contributed by atoms with van der Waals surface area (Å²) in [7, 11) is 0. The van der Waals surface area contributed by atoms with E-state index in [1.807, 2.05) is 24.8 Å². The molecule has 0 bridgehead atoms. The van der Waals surface area contributed by atoms with E-state index in [4.69, 9.17) is 9.97 Å². The Hall–Kier alpha value is -7.43. The van der Waals surface area contributed by atoms with Crippen molar-refractivity contribution < 1.29 is 0 Å². The molecule has 0 aliphatic heterocycles. The van der Waals surface area contributed by atoms with Gasteiger partial charge >= 0.3 is 0 Å². The van der Waals surface area contributed by atoms with Crippen molar-refractivity contribution in [2.24, 2.45) is 0 Å². The summed E-state index contributed by atoms with van der Waals surface area (Å²) in [5, 5.41) is 2.37. The summed E-state index contributed by atoms with van der Waals surface area (Å²) < 4.78 is 2.34. The maximum absolute atomic E-state index is 5.41. The number of fused-ring (bicyclic) bond motifs is 22. The molecular formula is C56H36N4. The summed E-state index contributed by atoms with van der Waals surface area (Å²) in [4.78, 5) is 15.2. The Labute approximate surface area is 347 Å². The van der Waals surface area contributed by atoms with E-state index >= 15 is 0 Å². The highest BCUT2D eigenvalue weighted by atomic mass is 15.0. The average Bonchev–Trinajstić information content (AvgIpc) is 3.99. The van der Waals surface area contributed by atoms with Gasteiger partial charge in [-0.25, -0.2) is 0 Å². The Morgan fingerprint density at radius 1 is 0.383 bits per heavy atom. The van der Waals surface area contributed by atoms with Crippen molar-refractivity contribution in [1.29, 1.82) is 0 Å². The molecule has 0 fully saturated rings. The lowest BCUT2D eigenvalue weighted by Gasteiger charge is -2.47. The van der Waals surface area contributed by atoms with Gasteiger partial charge in [0, 0.05) is 34.1 Å². The molecule has 0 radical (unpaired) electrons. The standard InChI is InChI=1S/C56H36N4/c1-54(2)43-21-10-11-22-44(43)56(45-23-13-26-58-52(45)53-49(56)28-33(31-59-53)60-50-24-12-6-17-37(50)38-25-27-57-32-51(38)60)48-29-39-36-16-5-9-20-42(36)55(46(39)30-47(48)54)40-18-7-3-14-34(40)35-15-4-8-19-41(35)55/h3-32H,1-2H3. The van der Waals surface area contributed by atoms with E-state index < -0.39 is 10.8 Å². The number of pyridine rings is 3. The second-order valence-corrected chi connectivity index (χ2v) is 17.5. The minimum Gasteiger partial charge on any atom is -0.306 e. The number of benzene rings is 6. The highest BCUT2D eigenvalue weighted by Crippen LogP contribution is 2.67. The van der Waals surface area contributed by atoms with Crippen molar-refractivity contribution in [2.45, 2.75) is 30.1 Å². The van der Waals surface area contributed by atoms with Gasteiger partial charge in [0.25, 0.3) is 0 Å². The Kier molecular flexibility index (Phi) is 5.95. The van der Waals surface area contributed by atoms with E-state index in [1.165, 1.54) is 83.1 Å². The maximum atomic E-state index is 5.41. The lowest BCUT2D eigenvalue weighted by molar-refractivity contribution is 0.561. The third-order valence-electron chi connectivity index (χ3n) is 14.7. The molecule has 0 saturated carbocycles. The van der Waals surface area contributed by atoms with Gasteiger partial charge in [-0.3, -0.25) is 15.0 Å². The van der Waals surface area contributed by atoms with Gasteiger partial charge in [-0.2, -0.15) is 0 Å². The largest absolute Gasteiger partial charge is 0.306 e. The van der Waals surface area contributed by atoms with E-state index in [9.17, 15) is 0 Å². The van der Waals surface area contributed by atoms with Gasteiger partial charge in [0.05, 0.1) is 51.3 Å². The molecule has 0 saturated heterocycles. The highest BCUT2D eigenvalue weighted by molar-refractivity contribution is 6.09. The van der Waals surface area contributed by atoms with Crippen LogP contribution in [0.1, 0.15) is 69.5 Å². The van der Waals surface area contributed by atoms with E-state index in [2.05, 4.69) is 181 Å². The number of aromatic nitrogens is 4. The van der Waals surface area contributed by atoms with Gasteiger partial charge in [-0.1, -0.05) is 141 Å². The Morgan fingerprint density at radius 2 is 0.967 bits per heavy atom. The molecule has 4 heterocycles. The van der Waals surface area contributed by atoms with Crippen LogP contribution in [0.2, 0.25) is 0 Å². The minimum atomic E-state index is -0.689. The second-order valence-electron chi connectivity index (χ2n) is 17.5. The van der Waals surface area contributed by atoms with Crippen molar-refractivity contribution in [1.82, 2.24) is 19.5 Å². The molecule has 6 aromatic carbocycles. The topological polar surface area (TPSA) is 43.6 Å². The van der Waals surface area contributed by atoms with Crippen molar-refractivity contribution in [3.05, 3.63) is 238 Å². The zero-order valence-electron chi connectivity index (χ0n) is 33.1. The zero-order valence-corrected chi connectivity index (χ0v) is 33.1. The fraction of sp³-hybridized carbons (Fsp3) is 0.0893. The predicted molar refractivity (Wildman–Crippen MR) is 240 cm³/mol. The molecule has 1 atom stereocenters. The van der Waals surface area contributed by atoms with E-state index in [-0.39, 0.29) is 5.41 Å². The van der Waals surface area contributed by atoms with Crippen LogP contribution in [0.15, 0.2) is 183 Å². The first-order valence-corrected chi connectivity index (χ1v) is 20.9. The molecule has 10 aromatic rings. The number of hydrogen-bond acceptors (Lipinski definition) is 3. The van der Waals surface area contributed by atoms with Crippen LogP contribution >= 0.6 is 0 Å². The van der Waals surface area contributed by atoms with Gasteiger partial charge in [-0.05, 0) is 103 Å². The lowest BCUT2D eigenvalue weighted by atomic mass is 9.55. The van der Waals surface area contributed by atoms with Crippen molar-refractivity contribution in [3.63, 3.8) is 0 Å². The van der Waals surface area contributed by atoms with Crippen molar-refractivity contribution in [2.75, 3.05) is 0 Å². The van der Waals surface area contributed by atoms with Gasteiger partial charge in [-0.15, -0.1) is 0 Å². The Bertz CT molecular complexity index is 3450. The molecule has 14 rings (SSSR count). The van der Waals surface area contributed by atoms with E-state index in [0.717, 1.165) is 33.7 Å². The summed E-state index contributed by atoms with van der Waals surface area (Å²) in [5.41, 5.74) is 21.8. The molecule has 4 aromatic heterocycles. The smallest absolute Gasteiger partial charge is 0.0939 e. The van der Waals surface area contributed by atoms with Crippen LogP contribution in [0.25, 0.3) is 61.1 Å². The molecule has 0 amide bonds. The summed E-state index contributed by atoms with van der Waals surface area (Å²) in [6, 6.07) is 59.3. The van der Waals surface area contributed by atoms with E-state index in [1.54, 1.807) is 0 Å². The molecule has 1 unspecified atom stereocenters. The number of rotatable bonds is 1. The molecular weight excluding hydrogens is 729 g/mol. The van der Waals surface area contributed by atoms with Gasteiger partial charge in [0.1, 0.15) is 0 Å².